The number of rotatable bonds is 5. The predicted octanol–water partition coefficient (Wildman–Crippen LogP) is 1.93. The fraction of sp³-hybridized carbons (Fsp3) is 0.550. The minimum absolute atomic E-state index is 0.467. The van der Waals surface area contributed by atoms with E-state index < -0.39 is 0 Å². The van der Waals surface area contributed by atoms with Crippen LogP contribution in [0.4, 0.5) is 5.82 Å². The molecule has 7 nitrogen and oxygen atoms in total. The minimum atomic E-state index is 0.467. The predicted molar refractivity (Wildman–Crippen MR) is 110 cm³/mol. The van der Waals surface area contributed by atoms with Crippen molar-refractivity contribution in [2.75, 3.05) is 44.7 Å². The summed E-state index contributed by atoms with van der Waals surface area (Å²) in [6.07, 6.45) is 1.85. The molecule has 0 saturated carbocycles. The highest BCUT2D eigenvalue weighted by Gasteiger charge is 2.20. The van der Waals surface area contributed by atoms with Crippen LogP contribution in [0.1, 0.15) is 18.3 Å². The number of guanidine groups is 1. The Morgan fingerprint density at radius 1 is 1.22 bits per heavy atom. The Balaban J connectivity index is 1.47. The van der Waals surface area contributed by atoms with E-state index >= 15 is 0 Å². The first-order valence-electron chi connectivity index (χ1n) is 9.69. The quantitative estimate of drug-likeness (QED) is 0.645. The van der Waals surface area contributed by atoms with Gasteiger partial charge in [-0.05, 0) is 38.0 Å². The SMILES string of the molecule is CN=C(NCC(C)Cn1nc(C)cc1C)N1CCN(c2ccccn2)CC1. The molecular weight excluding hydrogens is 338 g/mol. The largest absolute Gasteiger partial charge is 0.356 e. The molecular formula is C20H31N7. The van der Waals surface area contributed by atoms with Crippen LogP contribution in [0.25, 0.3) is 0 Å². The number of pyridine rings is 1. The molecule has 1 saturated heterocycles. The molecule has 0 aliphatic carbocycles. The van der Waals surface area contributed by atoms with Crippen LogP contribution in [-0.4, -0.2) is 65.4 Å². The summed E-state index contributed by atoms with van der Waals surface area (Å²) in [5.41, 5.74) is 2.30. The number of hydrogen-bond donors (Lipinski definition) is 1. The van der Waals surface area contributed by atoms with Gasteiger partial charge in [0, 0.05) is 58.2 Å². The fourth-order valence-electron chi connectivity index (χ4n) is 3.51. The topological polar surface area (TPSA) is 61.6 Å². The van der Waals surface area contributed by atoms with Gasteiger partial charge in [-0.15, -0.1) is 0 Å². The lowest BCUT2D eigenvalue weighted by Gasteiger charge is -2.37. The molecule has 1 N–H and O–H groups in total. The van der Waals surface area contributed by atoms with Crippen molar-refractivity contribution in [3.05, 3.63) is 41.9 Å². The standard InChI is InChI=1S/C20H31N7/c1-16(15-27-18(3)13-17(2)24-27)14-23-20(21-4)26-11-9-25(10-12-26)19-7-5-6-8-22-19/h5-8,13,16H,9-12,14-15H2,1-4H3,(H,21,23). The number of nitrogens with one attached hydrogen (secondary N) is 1. The number of piperazine rings is 1. The van der Waals surface area contributed by atoms with Gasteiger partial charge in [0.1, 0.15) is 5.82 Å². The third-order valence-electron chi connectivity index (χ3n) is 4.96. The minimum Gasteiger partial charge on any atom is -0.356 e. The van der Waals surface area contributed by atoms with Crippen LogP contribution >= 0.6 is 0 Å². The lowest BCUT2D eigenvalue weighted by molar-refractivity contribution is 0.362. The van der Waals surface area contributed by atoms with E-state index in [4.69, 9.17) is 0 Å². The fourth-order valence-corrected chi connectivity index (χ4v) is 3.51. The number of hydrogen-bond acceptors (Lipinski definition) is 4. The summed E-state index contributed by atoms with van der Waals surface area (Å²) in [5.74, 6) is 2.50. The third kappa shape index (κ3) is 4.99. The van der Waals surface area contributed by atoms with Crippen molar-refractivity contribution in [3.63, 3.8) is 0 Å². The van der Waals surface area contributed by atoms with E-state index in [1.54, 1.807) is 0 Å². The Kier molecular flexibility index (Phi) is 6.32. The van der Waals surface area contributed by atoms with Crippen molar-refractivity contribution in [2.45, 2.75) is 27.3 Å². The number of aliphatic imine (C=N–C) groups is 1. The molecule has 3 rings (SSSR count). The second kappa shape index (κ2) is 8.88. The first-order chi connectivity index (χ1) is 13.1. The van der Waals surface area contributed by atoms with Gasteiger partial charge in [0.05, 0.1) is 5.69 Å². The van der Waals surface area contributed by atoms with Gasteiger partial charge in [-0.2, -0.15) is 5.10 Å². The normalized spacial score (nSPS) is 16.5. The van der Waals surface area contributed by atoms with Gasteiger partial charge in [0.2, 0.25) is 0 Å². The van der Waals surface area contributed by atoms with E-state index in [2.05, 4.69) is 60.9 Å². The van der Waals surface area contributed by atoms with Gasteiger partial charge >= 0.3 is 0 Å². The smallest absolute Gasteiger partial charge is 0.193 e. The molecule has 1 fully saturated rings. The molecule has 2 aromatic rings. The highest BCUT2D eigenvalue weighted by atomic mass is 15.4. The Morgan fingerprint density at radius 2 is 2.00 bits per heavy atom. The van der Waals surface area contributed by atoms with Crippen LogP contribution in [0.5, 0.6) is 0 Å². The van der Waals surface area contributed by atoms with Crippen LogP contribution in [0.15, 0.2) is 35.5 Å². The molecule has 7 heteroatoms. The van der Waals surface area contributed by atoms with Crippen molar-refractivity contribution < 1.29 is 0 Å². The van der Waals surface area contributed by atoms with Gasteiger partial charge in [-0.1, -0.05) is 13.0 Å². The summed E-state index contributed by atoms with van der Waals surface area (Å²) in [5, 5.41) is 8.10. The zero-order chi connectivity index (χ0) is 19.2. The lowest BCUT2D eigenvalue weighted by Crippen LogP contribution is -2.53. The van der Waals surface area contributed by atoms with Gasteiger partial charge in [0.15, 0.2) is 5.96 Å². The summed E-state index contributed by atoms with van der Waals surface area (Å²) in [6.45, 7) is 12.0. The Morgan fingerprint density at radius 3 is 2.59 bits per heavy atom. The van der Waals surface area contributed by atoms with Crippen molar-refractivity contribution in [2.24, 2.45) is 10.9 Å². The molecule has 1 aliphatic heterocycles. The zero-order valence-corrected chi connectivity index (χ0v) is 16.9. The van der Waals surface area contributed by atoms with Crippen LogP contribution in [-0.2, 0) is 6.54 Å². The number of aromatic nitrogens is 3. The Bertz CT molecular complexity index is 745. The third-order valence-corrected chi connectivity index (χ3v) is 4.96. The van der Waals surface area contributed by atoms with E-state index in [1.807, 2.05) is 32.3 Å². The molecule has 3 heterocycles. The maximum absolute atomic E-state index is 4.56. The van der Waals surface area contributed by atoms with Crippen molar-refractivity contribution in [1.82, 2.24) is 25.0 Å². The molecule has 1 aliphatic rings. The average molecular weight is 370 g/mol. The molecule has 0 aromatic carbocycles. The monoisotopic (exact) mass is 369 g/mol. The van der Waals surface area contributed by atoms with Crippen molar-refractivity contribution >= 4 is 11.8 Å². The summed E-state index contributed by atoms with van der Waals surface area (Å²) in [7, 11) is 1.86. The summed E-state index contributed by atoms with van der Waals surface area (Å²) < 4.78 is 2.09. The van der Waals surface area contributed by atoms with E-state index in [1.165, 1.54) is 5.69 Å². The van der Waals surface area contributed by atoms with Gasteiger partial charge in [-0.25, -0.2) is 4.98 Å². The second-order valence-electron chi connectivity index (χ2n) is 7.30. The average Bonchev–Trinajstić information content (AvgIpc) is 3.00. The summed E-state index contributed by atoms with van der Waals surface area (Å²) in [6, 6.07) is 8.20. The van der Waals surface area contributed by atoms with Gasteiger partial charge in [-0.3, -0.25) is 9.67 Å². The number of anilines is 1. The Labute approximate surface area is 162 Å². The second-order valence-corrected chi connectivity index (χ2v) is 7.30. The molecule has 27 heavy (non-hydrogen) atoms. The van der Waals surface area contributed by atoms with Crippen LogP contribution in [0.3, 0.4) is 0 Å². The molecule has 0 spiro atoms. The van der Waals surface area contributed by atoms with Crippen LogP contribution in [0.2, 0.25) is 0 Å². The maximum atomic E-state index is 4.56. The number of aryl methyl sites for hydroxylation is 2. The van der Waals surface area contributed by atoms with Crippen LogP contribution in [0, 0.1) is 19.8 Å². The molecule has 1 unspecified atom stereocenters. The molecule has 0 bridgehead atoms. The van der Waals surface area contributed by atoms with Crippen LogP contribution < -0.4 is 10.2 Å². The molecule has 146 valence electrons. The molecule has 0 radical (unpaired) electrons. The lowest BCUT2D eigenvalue weighted by atomic mass is 10.2. The zero-order valence-electron chi connectivity index (χ0n) is 16.9. The highest BCUT2D eigenvalue weighted by molar-refractivity contribution is 5.80. The molecule has 2 aromatic heterocycles. The van der Waals surface area contributed by atoms with Gasteiger partial charge < -0.3 is 15.1 Å². The van der Waals surface area contributed by atoms with Gasteiger partial charge in [0.25, 0.3) is 0 Å². The maximum Gasteiger partial charge on any atom is 0.193 e. The van der Waals surface area contributed by atoms with Crippen molar-refractivity contribution in [3.8, 4) is 0 Å². The van der Waals surface area contributed by atoms with E-state index in [9.17, 15) is 0 Å². The molecule has 1 atom stereocenters. The Hall–Kier alpha value is -2.57. The number of nitrogens with zero attached hydrogens (tertiary/aromatic N) is 6. The summed E-state index contributed by atoms with van der Waals surface area (Å²) in [4.78, 5) is 13.6. The van der Waals surface area contributed by atoms with E-state index in [0.29, 0.717) is 5.92 Å². The van der Waals surface area contributed by atoms with E-state index in [0.717, 1.165) is 56.7 Å². The summed E-state index contributed by atoms with van der Waals surface area (Å²) >= 11 is 0. The first-order valence-corrected chi connectivity index (χ1v) is 9.69. The van der Waals surface area contributed by atoms with Crippen molar-refractivity contribution in [1.29, 1.82) is 0 Å². The van der Waals surface area contributed by atoms with E-state index in [-0.39, 0.29) is 0 Å². The highest BCUT2D eigenvalue weighted by Crippen LogP contribution is 2.12. The first kappa shape index (κ1) is 19.2. The molecule has 0 amide bonds.